The molecule has 2 rings (SSSR count). The van der Waals surface area contributed by atoms with Crippen LogP contribution in [0, 0.1) is 0 Å². The molecule has 2 fully saturated rings. The van der Waals surface area contributed by atoms with Crippen LogP contribution in [-0.4, -0.2) is 24.8 Å². The van der Waals surface area contributed by atoms with Gasteiger partial charge in [-0.25, -0.2) is 0 Å². The topological polar surface area (TPSA) is 35.5 Å². The third-order valence-electron chi connectivity index (χ3n) is 3.11. The lowest BCUT2D eigenvalue weighted by atomic mass is 10.0. The second kappa shape index (κ2) is 4.41. The van der Waals surface area contributed by atoms with Crippen molar-refractivity contribution in [3.05, 3.63) is 0 Å². The van der Waals surface area contributed by atoms with Gasteiger partial charge in [0.25, 0.3) is 0 Å². The Balaban J connectivity index is 1.97. The number of ether oxygens (including phenoxy) is 2. The van der Waals surface area contributed by atoms with E-state index in [1.807, 2.05) is 0 Å². The number of carbonyl (C=O) groups is 1. The number of rotatable bonds is 0. The molecule has 1 aliphatic carbocycles. The zero-order valence-electron chi connectivity index (χ0n) is 8.59. The first-order valence-electron chi connectivity index (χ1n) is 5.60. The van der Waals surface area contributed by atoms with Crippen LogP contribution in [0.15, 0.2) is 0 Å². The van der Waals surface area contributed by atoms with Crippen LogP contribution in [-0.2, 0) is 14.3 Å². The van der Waals surface area contributed by atoms with Crippen LogP contribution >= 0.6 is 0 Å². The molecule has 1 saturated carbocycles. The van der Waals surface area contributed by atoms with E-state index >= 15 is 0 Å². The number of ketones is 1. The van der Waals surface area contributed by atoms with Crippen molar-refractivity contribution >= 4 is 5.78 Å². The van der Waals surface area contributed by atoms with Crippen molar-refractivity contribution in [1.82, 2.24) is 0 Å². The Kier molecular flexibility index (Phi) is 3.19. The highest BCUT2D eigenvalue weighted by Gasteiger charge is 2.36. The van der Waals surface area contributed by atoms with Gasteiger partial charge in [0.1, 0.15) is 5.78 Å². The molecule has 80 valence electrons. The molecule has 1 aliphatic heterocycles. The van der Waals surface area contributed by atoms with Gasteiger partial charge in [-0.3, -0.25) is 4.79 Å². The molecule has 0 bridgehead atoms. The van der Waals surface area contributed by atoms with E-state index in [9.17, 15) is 4.79 Å². The fourth-order valence-electron chi connectivity index (χ4n) is 2.26. The van der Waals surface area contributed by atoms with Gasteiger partial charge < -0.3 is 9.47 Å². The van der Waals surface area contributed by atoms with Gasteiger partial charge in [0.15, 0.2) is 5.79 Å². The molecule has 1 heterocycles. The zero-order valence-corrected chi connectivity index (χ0v) is 8.59. The quantitative estimate of drug-likeness (QED) is 0.597. The Labute approximate surface area is 84.8 Å². The number of Topliss-reactive ketones (excluding diaryl/α,β-unsaturated/α-hetero) is 1. The van der Waals surface area contributed by atoms with Gasteiger partial charge >= 0.3 is 0 Å². The molecule has 3 heteroatoms. The summed E-state index contributed by atoms with van der Waals surface area (Å²) in [5.41, 5.74) is 0. The van der Waals surface area contributed by atoms with Crippen molar-refractivity contribution in [2.24, 2.45) is 0 Å². The average molecular weight is 198 g/mol. The molecule has 0 atom stereocenters. The van der Waals surface area contributed by atoms with Crippen molar-refractivity contribution in [3.63, 3.8) is 0 Å². The van der Waals surface area contributed by atoms with Gasteiger partial charge in [-0.1, -0.05) is 6.42 Å². The Hall–Kier alpha value is -0.410. The normalized spacial score (nSPS) is 28.4. The van der Waals surface area contributed by atoms with Crippen molar-refractivity contribution in [3.8, 4) is 0 Å². The van der Waals surface area contributed by atoms with Crippen LogP contribution in [0.2, 0.25) is 0 Å². The predicted octanol–water partition coefficient (Wildman–Crippen LogP) is 2.04. The molecule has 1 spiro atoms. The van der Waals surface area contributed by atoms with Crippen LogP contribution in [0.25, 0.3) is 0 Å². The number of carbonyl (C=O) groups excluding carboxylic acids is 1. The minimum absolute atomic E-state index is 0.366. The van der Waals surface area contributed by atoms with E-state index in [0.29, 0.717) is 25.4 Å². The zero-order chi connectivity index (χ0) is 9.86. The molecule has 0 unspecified atom stereocenters. The molecular weight excluding hydrogens is 180 g/mol. The summed E-state index contributed by atoms with van der Waals surface area (Å²) < 4.78 is 11.3. The molecule has 0 aromatic rings. The Bertz CT molecular complexity index is 207. The summed E-state index contributed by atoms with van der Waals surface area (Å²) in [6.07, 6.45) is 6.37. The molecule has 0 aromatic heterocycles. The molecular formula is C11H18O3. The van der Waals surface area contributed by atoms with E-state index in [0.717, 1.165) is 38.5 Å². The molecule has 0 amide bonds. The van der Waals surface area contributed by atoms with Gasteiger partial charge in [-0.15, -0.1) is 0 Å². The molecule has 1 saturated heterocycles. The Morgan fingerprint density at radius 2 is 1.71 bits per heavy atom. The second-order valence-corrected chi connectivity index (χ2v) is 4.21. The predicted molar refractivity (Wildman–Crippen MR) is 52.0 cm³/mol. The van der Waals surface area contributed by atoms with Crippen molar-refractivity contribution in [1.29, 1.82) is 0 Å². The molecule has 3 nitrogen and oxygen atoms in total. The SMILES string of the molecule is O=C1CCCCCC2(CC1)OCCO2. The van der Waals surface area contributed by atoms with Crippen molar-refractivity contribution < 1.29 is 14.3 Å². The Morgan fingerprint density at radius 3 is 2.50 bits per heavy atom. The van der Waals surface area contributed by atoms with Crippen molar-refractivity contribution in [2.45, 2.75) is 50.7 Å². The highest BCUT2D eigenvalue weighted by atomic mass is 16.7. The molecule has 0 aromatic carbocycles. The first-order valence-corrected chi connectivity index (χ1v) is 5.60. The number of hydrogen-bond donors (Lipinski definition) is 0. The lowest BCUT2D eigenvalue weighted by Crippen LogP contribution is -2.30. The molecule has 14 heavy (non-hydrogen) atoms. The minimum atomic E-state index is -0.403. The smallest absolute Gasteiger partial charge is 0.168 e. The first kappa shape index (κ1) is 10.1. The van der Waals surface area contributed by atoms with Gasteiger partial charge in [-0.2, -0.15) is 0 Å². The van der Waals surface area contributed by atoms with Crippen LogP contribution in [0.1, 0.15) is 44.9 Å². The summed E-state index contributed by atoms with van der Waals surface area (Å²) in [7, 11) is 0. The highest BCUT2D eigenvalue weighted by molar-refractivity contribution is 5.78. The molecule has 0 radical (unpaired) electrons. The van der Waals surface area contributed by atoms with E-state index < -0.39 is 5.79 Å². The highest BCUT2D eigenvalue weighted by Crippen LogP contribution is 2.32. The summed E-state index contributed by atoms with van der Waals surface area (Å²) in [6.45, 7) is 1.38. The van der Waals surface area contributed by atoms with Gasteiger partial charge in [0.2, 0.25) is 0 Å². The van der Waals surface area contributed by atoms with Gasteiger partial charge in [0.05, 0.1) is 13.2 Å². The fourth-order valence-corrected chi connectivity index (χ4v) is 2.26. The van der Waals surface area contributed by atoms with E-state index in [-0.39, 0.29) is 0 Å². The largest absolute Gasteiger partial charge is 0.348 e. The first-order chi connectivity index (χ1) is 6.81. The summed E-state index contributed by atoms with van der Waals surface area (Å²) >= 11 is 0. The maximum atomic E-state index is 11.4. The molecule has 0 N–H and O–H groups in total. The van der Waals surface area contributed by atoms with E-state index in [1.54, 1.807) is 0 Å². The Morgan fingerprint density at radius 1 is 0.929 bits per heavy atom. The summed E-state index contributed by atoms with van der Waals surface area (Å²) in [6, 6.07) is 0. The van der Waals surface area contributed by atoms with E-state index in [4.69, 9.17) is 9.47 Å². The maximum Gasteiger partial charge on any atom is 0.168 e. The molecule has 2 aliphatic rings. The lowest BCUT2D eigenvalue weighted by molar-refractivity contribution is -0.169. The average Bonchev–Trinajstić information content (AvgIpc) is 2.65. The maximum absolute atomic E-state index is 11.4. The van der Waals surface area contributed by atoms with Gasteiger partial charge in [-0.05, 0) is 12.8 Å². The lowest BCUT2D eigenvalue weighted by Gasteiger charge is -2.26. The van der Waals surface area contributed by atoms with Gasteiger partial charge in [0, 0.05) is 25.7 Å². The van der Waals surface area contributed by atoms with E-state index in [1.165, 1.54) is 0 Å². The van der Waals surface area contributed by atoms with Crippen LogP contribution < -0.4 is 0 Å². The standard InChI is InChI=1S/C11H18O3/c12-10-4-2-1-3-6-11(7-5-10)13-8-9-14-11/h1-9H2. The summed E-state index contributed by atoms with van der Waals surface area (Å²) in [5.74, 6) is -0.0367. The summed E-state index contributed by atoms with van der Waals surface area (Å²) in [5, 5.41) is 0. The minimum Gasteiger partial charge on any atom is -0.348 e. The monoisotopic (exact) mass is 198 g/mol. The van der Waals surface area contributed by atoms with Crippen LogP contribution in [0.5, 0.6) is 0 Å². The van der Waals surface area contributed by atoms with Crippen LogP contribution in [0.4, 0.5) is 0 Å². The van der Waals surface area contributed by atoms with Crippen molar-refractivity contribution in [2.75, 3.05) is 13.2 Å². The van der Waals surface area contributed by atoms with E-state index in [2.05, 4.69) is 0 Å². The second-order valence-electron chi connectivity index (χ2n) is 4.21. The number of hydrogen-bond acceptors (Lipinski definition) is 3. The summed E-state index contributed by atoms with van der Waals surface area (Å²) in [4.78, 5) is 11.4. The van der Waals surface area contributed by atoms with Crippen LogP contribution in [0.3, 0.4) is 0 Å². The third-order valence-corrected chi connectivity index (χ3v) is 3.11. The fraction of sp³-hybridized carbons (Fsp3) is 0.909. The third kappa shape index (κ3) is 2.34.